The molecule has 0 radical (unpaired) electrons. The smallest absolute Gasteiger partial charge is 0.278 e. The minimum absolute atomic E-state index is 0.275. The first-order chi connectivity index (χ1) is 11.4. The maximum Gasteiger partial charge on any atom is 0.278 e. The lowest BCUT2D eigenvalue weighted by molar-refractivity contribution is 0.0987. The molecule has 124 valence electrons. The predicted octanol–water partition coefficient (Wildman–Crippen LogP) is 3.20. The molecule has 2 heterocycles. The van der Waals surface area contributed by atoms with Gasteiger partial charge < -0.3 is 9.42 Å². The molecule has 1 amide bonds. The molecule has 6 nitrogen and oxygen atoms in total. The summed E-state index contributed by atoms with van der Waals surface area (Å²) in [7, 11) is 1.65. The van der Waals surface area contributed by atoms with E-state index in [-0.39, 0.29) is 17.4 Å². The zero-order valence-corrected chi connectivity index (χ0v) is 13.9. The molecule has 0 aliphatic rings. The molecule has 2 aromatic heterocycles. The Bertz CT molecular complexity index is 894. The third kappa shape index (κ3) is 2.68. The predicted molar refractivity (Wildman–Crippen MR) is 87.0 cm³/mol. The van der Waals surface area contributed by atoms with Crippen molar-refractivity contribution in [2.24, 2.45) is 0 Å². The van der Waals surface area contributed by atoms with Gasteiger partial charge in [0.15, 0.2) is 11.5 Å². The number of nitrogens with zero attached hydrogens (tertiary/aromatic N) is 4. The highest BCUT2D eigenvalue weighted by Gasteiger charge is 2.22. The lowest BCUT2D eigenvalue weighted by Crippen LogP contribution is -2.27. The van der Waals surface area contributed by atoms with Crippen LogP contribution in [0.1, 0.15) is 27.5 Å². The highest BCUT2D eigenvalue weighted by molar-refractivity contribution is 6.04. The average Bonchev–Trinajstić information content (AvgIpc) is 3.13. The minimum atomic E-state index is -0.308. The fourth-order valence-corrected chi connectivity index (χ4v) is 2.68. The van der Waals surface area contributed by atoms with Crippen molar-refractivity contribution in [3.05, 3.63) is 59.0 Å². The molecule has 0 unspecified atom stereocenters. The molecule has 0 saturated heterocycles. The first kappa shape index (κ1) is 15.9. The molecule has 0 N–H and O–H groups in total. The minimum Gasteiger partial charge on any atom is -0.359 e. The monoisotopic (exact) mass is 328 g/mol. The molecule has 24 heavy (non-hydrogen) atoms. The Morgan fingerprint density at radius 2 is 2.00 bits per heavy atom. The van der Waals surface area contributed by atoms with Gasteiger partial charge in [-0.15, -0.1) is 0 Å². The van der Waals surface area contributed by atoms with Crippen molar-refractivity contribution in [2.45, 2.75) is 20.8 Å². The van der Waals surface area contributed by atoms with Crippen LogP contribution in [-0.4, -0.2) is 27.9 Å². The number of hydrogen-bond acceptors (Lipinski definition) is 4. The van der Waals surface area contributed by atoms with E-state index in [0.29, 0.717) is 17.1 Å². The number of amides is 1. The van der Waals surface area contributed by atoms with E-state index in [1.165, 1.54) is 17.0 Å². The van der Waals surface area contributed by atoms with Gasteiger partial charge in [0.1, 0.15) is 17.2 Å². The topological polar surface area (TPSA) is 64.2 Å². The molecule has 0 spiro atoms. The lowest BCUT2D eigenvalue weighted by atomic mass is 10.2. The van der Waals surface area contributed by atoms with Gasteiger partial charge in [0.05, 0.1) is 5.69 Å². The van der Waals surface area contributed by atoms with Crippen LogP contribution < -0.4 is 4.90 Å². The van der Waals surface area contributed by atoms with Crippen molar-refractivity contribution in [1.29, 1.82) is 0 Å². The molecule has 3 aromatic rings. The van der Waals surface area contributed by atoms with Gasteiger partial charge in [-0.1, -0.05) is 5.16 Å². The number of aromatic nitrogens is 3. The Kier molecular flexibility index (Phi) is 3.92. The number of carbonyl (C=O) groups excluding carboxylic acids is 1. The maximum atomic E-state index is 13.2. The summed E-state index contributed by atoms with van der Waals surface area (Å²) >= 11 is 0. The molecule has 0 atom stereocenters. The summed E-state index contributed by atoms with van der Waals surface area (Å²) in [5, 5.41) is 8.17. The Balaban J connectivity index is 1.91. The van der Waals surface area contributed by atoms with E-state index in [0.717, 1.165) is 11.3 Å². The quantitative estimate of drug-likeness (QED) is 0.740. The third-order valence-corrected chi connectivity index (χ3v) is 3.85. The summed E-state index contributed by atoms with van der Waals surface area (Å²) in [5.41, 5.74) is 3.00. The Morgan fingerprint density at radius 3 is 2.62 bits per heavy atom. The summed E-state index contributed by atoms with van der Waals surface area (Å²) < 4.78 is 19.9. The van der Waals surface area contributed by atoms with Gasteiger partial charge in [0.25, 0.3) is 5.91 Å². The lowest BCUT2D eigenvalue weighted by Gasteiger charge is -2.15. The van der Waals surface area contributed by atoms with Crippen LogP contribution in [0.15, 0.2) is 35.0 Å². The van der Waals surface area contributed by atoms with Crippen LogP contribution in [0.4, 0.5) is 10.1 Å². The van der Waals surface area contributed by atoms with E-state index in [4.69, 9.17) is 4.52 Å². The highest BCUT2D eigenvalue weighted by Crippen LogP contribution is 2.24. The van der Waals surface area contributed by atoms with Crippen LogP contribution >= 0.6 is 0 Å². The molecule has 3 rings (SSSR count). The van der Waals surface area contributed by atoms with Crippen LogP contribution in [0.2, 0.25) is 0 Å². The van der Waals surface area contributed by atoms with Crippen molar-refractivity contribution in [3.8, 4) is 5.69 Å². The molecule has 0 bridgehead atoms. The largest absolute Gasteiger partial charge is 0.359 e. The summed E-state index contributed by atoms with van der Waals surface area (Å²) in [5.74, 6) is -0.0158. The van der Waals surface area contributed by atoms with Crippen molar-refractivity contribution in [2.75, 3.05) is 11.9 Å². The molecular weight excluding hydrogens is 311 g/mol. The summed E-state index contributed by atoms with van der Waals surface area (Å²) in [6.07, 6.45) is 1.68. The van der Waals surface area contributed by atoms with Gasteiger partial charge in [0.2, 0.25) is 0 Å². The molecule has 7 heteroatoms. The van der Waals surface area contributed by atoms with E-state index < -0.39 is 0 Å². The van der Waals surface area contributed by atoms with Crippen LogP contribution in [0, 0.1) is 26.6 Å². The van der Waals surface area contributed by atoms with Gasteiger partial charge in [-0.05, 0) is 50.6 Å². The van der Waals surface area contributed by atoms with E-state index in [1.54, 1.807) is 50.8 Å². The molecule has 1 aromatic carbocycles. The van der Waals surface area contributed by atoms with Crippen LogP contribution in [0.3, 0.4) is 0 Å². The van der Waals surface area contributed by atoms with Gasteiger partial charge in [-0.3, -0.25) is 4.79 Å². The standard InChI is InChI=1S/C17H17FN4O2/c1-10-9-13(18)5-6-15(10)22-8-7-14(19-22)17(23)21(4)16-11(2)20-24-12(16)3/h5-9H,1-4H3. The van der Waals surface area contributed by atoms with Crippen LogP contribution in [-0.2, 0) is 0 Å². The van der Waals surface area contributed by atoms with E-state index in [9.17, 15) is 9.18 Å². The number of aryl methyl sites for hydroxylation is 3. The Hall–Kier alpha value is -2.96. The fourth-order valence-electron chi connectivity index (χ4n) is 2.68. The number of benzene rings is 1. The molecule has 0 fully saturated rings. The van der Waals surface area contributed by atoms with E-state index in [1.807, 2.05) is 0 Å². The Labute approximate surface area is 138 Å². The molecule has 0 aliphatic heterocycles. The SMILES string of the molecule is Cc1cc(F)ccc1-n1ccc(C(=O)N(C)c2c(C)noc2C)n1. The van der Waals surface area contributed by atoms with Crippen molar-refractivity contribution < 1.29 is 13.7 Å². The number of anilines is 1. The normalized spacial score (nSPS) is 10.9. The molecule has 0 saturated carbocycles. The first-order valence-corrected chi connectivity index (χ1v) is 7.41. The zero-order chi connectivity index (χ0) is 17.4. The van der Waals surface area contributed by atoms with Gasteiger partial charge >= 0.3 is 0 Å². The third-order valence-electron chi connectivity index (χ3n) is 3.85. The van der Waals surface area contributed by atoms with Gasteiger partial charge in [-0.2, -0.15) is 5.10 Å². The number of rotatable bonds is 3. The second-order valence-corrected chi connectivity index (χ2v) is 5.61. The van der Waals surface area contributed by atoms with Crippen LogP contribution in [0.5, 0.6) is 0 Å². The molecular formula is C17H17FN4O2. The summed E-state index contributed by atoms with van der Waals surface area (Å²) in [4.78, 5) is 14.1. The maximum absolute atomic E-state index is 13.2. The number of hydrogen-bond donors (Lipinski definition) is 0. The van der Waals surface area contributed by atoms with Gasteiger partial charge in [-0.25, -0.2) is 9.07 Å². The first-order valence-electron chi connectivity index (χ1n) is 7.41. The second kappa shape index (κ2) is 5.92. The molecule has 0 aliphatic carbocycles. The van der Waals surface area contributed by atoms with E-state index in [2.05, 4.69) is 10.3 Å². The number of carbonyl (C=O) groups is 1. The van der Waals surface area contributed by atoms with E-state index >= 15 is 0 Å². The Morgan fingerprint density at radius 1 is 1.25 bits per heavy atom. The van der Waals surface area contributed by atoms with Crippen LogP contribution in [0.25, 0.3) is 5.69 Å². The summed E-state index contributed by atoms with van der Waals surface area (Å²) in [6, 6.07) is 6.04. The zero-order valence-electron chi connectivity index (χ0n) is 13.9. The summed E-state index contributed by atoms with van der Waals surface area (Å²) in [6.45, 7) is 5.31. The highest BCUT2D eigenvalue weighted by atomic mass is 19.1. The van der Waals surface area contributed by atoms with Crippen molar-refractivity contribution >= 4 is 11.6 Å². The van der Waals surface area contributed by atoms with Crippen molar-refractivity contribution in [1.82, 2.24) is 14.9 Å². The van der Waals surface area contributed by atoms with Gasteiger partial charge in [0, 0.05) is 13.2 Å². The second-order valence-electron chi connectivity index (χ2n) is 5.61. The average molecular weight is 328 g/mol. The van der Waals surface area contributed by atoms with Crippen molar-refractivity contribution in [3.63, 3.8) is 0 Å². The number of halogens is 1. The fraction of sp³-hybridized carbons (Fsp3) is 0.235.